The number of rotatable bonds is 6. The molecule has 0 aliphatic carbocycles. The highest BCUT2D eigenvalue weighted by molar-refractivity contribution is 7.89. The fraction of sp³-hybridized carbons (Fsp3) is 0.333. The van der Waals surface area contributed by atoms with Crippen molar-refractivity contribution in [2.45, 2.75) is 10.9 Å². The van der Waals surface area contributed by atoms with E-state index in [4.69, 9.17) is 4.74 Å². The number of nitrogens with one attached hydrogen (secondary N) is 1. The zero-order valence-corrected chi connectivity index (χ0v) is 15.8. The summed E-state index contributed by atoms with van der Waals surface area (Å²) in [6.07, 6.45) is 0. The molecule has 1 atom stereocenters. The fourth-order valence-corrected chi connectivity index (χ4v) is 4.15. The lowest BCUT2D eigenvalue weighted by molar-refractivity contribution is 0.0345. The summed E-state index contributed by atoms with van der Waals surface area (Å²) >= 11 is 0. The predicted molar refractivity (Wildman–Crippen MR) is 100 cm³/mol. The Morgan fingerprint density at radius 1 is 1.04 bits per heavy atom. The van der Waals surface area contributed by atoms with E-state index in [2.05, 4.69) is 9.62 Å². The molecule has 0 spiro atoms. The summed E-state index contributed by atoms with van der Waals surface area (Å²) in [4.78, 5) is 1.81. The summed E-state index contributed by atoms with van der Waals surface area (Å²) < 4.78 is 47.3. The van der Waals surface area contributed by atoms with Gasteiger partial charge in [0.05, 0.1) is 19.3 Å². The molecule has 1 fully saturated rings. The maximum atomic E-state index is 14.0. The molecule has 3 rings (SSSR count). The van der Waals surface area contributed by atoms with Crippen molar-refractivity contribution < 1.29 is 17.5 Å². The number of nitrogens with zero attached hydrogens (tertiary/aromatic N) is 1. The Labute approximate surface area is 159 Å². The highest BCUT2D eigenvalue weighted by atomic mass is 35.5. The largest absolute Gasteiger partial charge is 0.379 e. The second-order valence-electron chi connectivity index (χ2n) is 5.93. The van der Waals surface area contributed by atoms with Gasteiger partial charge in [0.25, 0.3) is 0 Å². The third-order valence-electron chi connectivity index (χ3n) is 4.17. The molecule has 1 aliphatic rings. The number of ether oxygens (including phenoxy) is 1. The standard InChI is InChI=1S/C18H21FN2O3S.ClH/c19-16-8-4-5-9-18(16)25(22,23)20-17(15-6-2-1-3-7-15)14-21-10-12-24-13-11-21;/h1-9,17,20H,10-14H2;1H. The molecule has 1 heterocycles. The van der Waals surface area contributed by atoms with Crippen LogP contribution >= 0.6 is 12.4 Å². The zero-order chi connectivity index (χ0) is 17.7. The summed E-state index contributed by atoms with van der Waals surface area (Å²) in [6, 6.07) is 14.3. The first-order valence-electron chi connectivity index (χ1n) is 8.18. The normalized spacial score (nSPS) is 16.7. The first-order valence-corrected chi connectivity index (χ1v) is 9.66. The van der Waals surface area contributed by atoms with E-state index in [0.717, 1.165) is 24.7 Å². The van der Waals surface area contributed by atoms with Gasteiger partial charge in [0.1, 0.15) is 10.7 Å². The van der Waals surface area contributed by atoms with Crippen LogP contribution in [-0.4, -0.2) is 46.2 Å². The van der Waals surface area contributed by atoms with Crippen LogP contribution < -0.4 is 4.72 Å². The molecule has 1 aliphatic heterocycles. The van der Waals surface area contributed by atoms with E-state index in [-0.39, 0.29) is 17.3 Å². The van der Waals surface area contributed by atoms with Gasteiger partial charge in [-0.1, -0.05) is 42.5 Å². The zero-order valence-electron chi connectivity index (χ0n) is 14.2. The van der Waals surface area contributed by atoms with Gasteiger partial charge in [0.2, 0.25) is 10.0 Å². The van der Waals surface area contributed by atoms with Crippen LogP contribution in [-0.2, 0) is 14.8 Å². The first-order chi connectivity index (χ1) is 12.1. The lowest BCUT2D eigenvalue weighted by atomic mass is 10.1. The van der Waals surface area contributed by atoms with Crippen molar-refractivity contribution in [2.24, 2.45) is 0 Å². The summed E-state index contributed by atoms with van der Waals surface area (Å²) in [5, 5.41) is 0. The Bertz CT molecular complexity index is 799. The SMILES string of the molecule is Cl.O=S(=O)(NC(CN1CCOCC1)c1ccccc1)c1ccccc1F. The summed E-state index contributed by atoms with van der Waals surface area (Å²) in [5.74, 6) is -0.756. The molecular weight excluding hydrogens is 379 g/mol. The minimum absolute atomic E-state index is 0. The Hall–Kier alpha value is -1.51. The van der Waals surface area contributed by atoms with Crippen molar-refractivity contribution in [3.05, 3.63) is 66.0 Å². The number of morpholine rings is 1. The van der Waals surface area contributed by atoms with Crippen LogP contribution in [0.2, 0.25) is 0 Å². The topological polar surface area (TPSA) is 58.6 Å². The lowest BCUT2D eigenvalue weighted by Crippen LogP contribution is -2.43. The van der Waals surface area contributed by atoms with Gasteiger partial charge in [-0.25, -0.2) is 17.5 Å². The maximum Gasteiger partial charge on any atom is 0.244 e. The van der Waals surface area contributed by atoms with Crippen LogP contribution in [0, 0.1) is 5.82 Å². The van der Waals surface area contributed by atoms with Crippen LogP contribution in [0.25, 0.3) is 0 Å². The Morgan fingerprint density at radius 2 is 1.65 bits per heavy atom. The number of hydrogen-bond donors (Lipinski definition) is 1. The average molecular weight is 401 g/mol. The molecule has 0 amide bonds. The number of halogens is 2. The Kier molecular flexibility index (Phi) is 7.55. The number of hydrogen-bond acceptors (Lipinski definition) is 4. The van der Waals surface area contributed by atoms with E-state index < -0.39 is 21.9 Å². The second-order valence-corrected chi connectivity index (χ2v) is 7.61. The third kappa shape index (κ3) is 5.25. The minimum atomic E-state index is -3.97. The Balaban J connectivity index is 0.00000243. The molecule has 26 heavy (non-hydrogen) atoms. The van der Waals surface area contributed by atoms with E-state index in [1.165, 1.54) is 18.2 Å². The van der Waals surface area contributed by atoms with Gasteiger partial charge in [0, 0.05) is 19.6 Å². The van der Waals surface area contributed by atoms with Gasteiger partial charge >= 0.3 is 0 Å². The highest BCUT2D eigenvalue weighted by Gasteiger charge is 2.26. The molecule has 0 radical (unpaired) electrons. The molecule has 1 N–H and O–H groups in total. The van der Waals surface area contributed by atoms with Crippen molar-refractivity contribution >= 4 is 22.4 Å². The predicted octanol–water partition coefficient (Wildman–Crippen LogP) is 2.60. The summed E-state index contributed by atoms with van der Waals surface area (Å²) in [6.45, 7) is 3.24. The van der Waals surface area contributed by atoms with Crippen LogP contribution in [0.5, 0.6) is 0 Å². The van der Waals surface area contributed by atoms with Crippen molar-refractivity contribution in [1.82, 2.24) is 9.62 Å². The van der Waals surface area contributed by atoms with Crippen molar-refractivity contribution in [1.29, 1.82) is 0 Å². The van der Waals surface area contributed by atoms with Gasteiger partial charge in [-0.05, 0) is 17.7 Å². The molecule has 0 aromatic heterocycles. The monoisotopic (exact) mass is 400 g/mol. The van der Waals surface area contributed by atoms with Gasteiger partial charge in [-0.3, -0.25) is 4.90 Å². The van der Waals surface area contributed by atoms with E-state index in [0.29, 0.717) is 19.8 Å². The number of benzene rings is 2. The lowest BCUT2D eigenvalue weighted by Gasteiger charge is -2.31. The molecule has 2 aromatic carbocycles. The molecule has 8 heteroatoms. The van der Waals surface area contributed by atoms with Gasteiger partial charge in [-0.2, -0.15) is 0 Å². The smallest absolute Gasteiger partial charge is 0.244 e. The second kappa shape index (κ2) is 9.43. The Morgan fingerprint density at radius 3 is 2.31 bits per heavy atom. The van der Waals surface area contributed by atoms with Gasteiger partial charge < -0.3 is 4.74 Å². The van der Waals surface area contributed by atoms with Crippen molar-refractivity contribution in [2.75, 3.05) is 32.8 Å². The third-order valence-corrected chi connectivity index (χ3v) is 5.67. The van der Waals surface area contributed by atoms with Gasteiger partial charge in [0.15, 0.2) is 0 Å². The van der Waals surface area contributed by atoms with E-state index >= 15 is 0 Å². The molecule has 142 valence electrons. The van der Waals surface area contributed by atoms with Crippen LogP contribution in [0.15, 0.2) is 59.5 Å². The van der Waals surface area contributed by atoms with E-state index in [9.17, 15) is 12.8 Å². The van der Waals surface area contributed by atoms with Gasteiger partial charge in [-0.15, -0.1) is 12.4 Å². The van der Waals surface area contributed by atoms with Crippen molar-refractivity contribution in [3.63, 3.8) is 0 Å². The molecule has 1 saturated heterocycles. The average Bonchev–Trinajstić information content (AvgIpc) is 2.63. The van der Waals surface area contributed by atoms with E-state index in [1.54, 1.807) is 0 Å². The summed E-state index contributed by atoms with van der Waals surface area (Å²) in [5.41, 5.74) is 0.842. The molecule has 0 saturated carbocycles. The van der Waals surface area contributed by atoms with Crippen LogP contribution in [0.4, 0.5) is 4.39 Å². The molecule has 0 bridgehead atoms. The van der Waals surface area contributed by atoms with Crippen LogP contribution in [0.3, 0.4) is 0 Å². The first kappa shape index (κ1) is 20.8. The molecule has 2 aromatic rings. The summed E-state index contributed by atoms with van der Waals surface area (Å²) in [7, 11) is -3.97. The fourth-order valence-electron chi connectivity index (χ4n) is 2.85. The number of sulfonamides is 1. The van der Waals surface area contributed by atoms with Crippen molar-refractivity contribution in [3.8, 4) is 0 Å². The highest BCUT2D eigenvalue weighted by Crippen LogP contribution is 2.20. The molecule has 1 unspecified atom stereocenters. The maximum absolute atomic E-state index is 14.0. The molecule has 5 nitrogen and oxygen atoms in total. The quantitative estimate of drug-likeness (QED) is 0.809. The minimum Gasteiger partial charge on any atom is -0.379 e. The molecular formula is C18H22ClFN2O3S. The van der Waals surface area contributed by atoms with E-state index in [1.807, 2.05) is 30.3 Å². The van der Waals surface area contributed by atoms with Crippen LogP contribution in [0.1, 0.15) is 11.6 Å².